The van der Waals surface area contributed by atoms with E-state index in [1.54, 1.807) is 4.90 Å². The molecule has 0 N–H and O–H groups in total. The molecule has 144 valence electrons. The smallest absolute Gasteiger partial charge is 0.231 e. The Morgan fingerprint density at radius 1 is 1.00 bits per heavy atom. The van der Waals surface area contributed by atoms with Crippen molar-refractivity contribution in [3.63, 3.8) is 0 Å². The third-order valence-electron chi connectivity index (χ3n) is 6.74. The van der Waals surface area contributed by atoms with Gasteiger partial charge in [0.2, 0.25) is 18.6 Å². The van der Waals surface area contributed by atoms with Gasteiger partial charge in [0.05, 0.1) is 5.92 Å². The van der Waals surface area contributed by atoms with Crippen LogP contribution in [0.25, 0.3) is 0 Å². The van der Waals surface area contributed by atoms with E-state index in [-0.39, 0.29) is 24.5 Å². The molecule has 2 amide bonds. The number of hydrogen-bond donors (Lipinski definition) is 0. The Balaban J connectivity index is 1.27. The Morgan fingerprint density at radius 2 is 1.81 bits per heavy atom. The standard InChI is InChI=1S/C21H26N2O4/c24-20-9-16(12-23(20)17-5-6-18-19(10-17)27-13-26-18)21(25)22-8-7-14-3-1-2-4-15(14)11-22/h5-6,10,14-16H,1-4,7-9,11-13H2/t14-,15+,16+/m0/s1. The van der Waals surface area contributed by atoms with Gasteiger partial charge >= 0.3 is 0 Å². The molecule has 5 rings (SSSR count). The fourth-order valence-corrected chi connectivity index (χ4v) is 5.23. The molecular weight excluding hydrogens is 344 g/mol. The van der Waals surface area contributed by atoms with E-state index in [2.05, 4.69) is 0 Å². The van der Waals surface area contributed by atoms with E-state index in [9.17, 15) is 9.59 Å². The van der Waals surface area contributed by atoms with Crippen molar-refractivity contribution >= 4 is 17.5 Å². The molecule has 0 bridgehead atoms. The van der Waals surface area contributed by atoms with Crippen LogP contribution in [0.1, 0.15) is 38.5 Å². The molecule has 3 fully saturated rings. The molecule has 3 atom stereocenters. The number of fused-ring (bicyclic) bond motifs is 2. The summed E-state index contributed by atoms with van der Waals surface area (Å²) < 4.78 is 10.8. The van der Waals surface area contributed by atoms with E-state index >= 15 is 0 Å². The Bertz CT molecular complexity index is 765. The molecule has 0 aromatic heterocycles. The maximum atomic E-state index is 13.1. The van der Waals surface area contributed by atoms with Crippen LogP contribution >= 0.6 is 0 Å². The maximum Gasteiger partial charge on any atom is 0.231 e. The second kappa shape index (κ2) is 6.73. The zero-order valence-electron chi connectivity index (χ0n) is 15.6. The Hall–Kier alpha value is -2.24. The van der Waals surface area contributed by atoms with Crippen LogP contribution in [0, 0.1) is 17.8 Å². The number of benzene rings is 1. The number of ether oxygens (including phenoxy) is 2. The lowest BCUT2D eigenvalue weighted by Crippen LogP contribution is -2.47. The van der Waals surface area contributed by atoms with Crippen molar-refractivity contribution in [3.05, 3.63) is 18.2 Å². The van der Waals surface area contributed by atoms with Gasteiger partial charge in [-0.05, 0) is 36.8 Å². The number of anilines is 1. The molecule has 0 spiro atoms. The molecule has 1 aliphatic carbocycles. The van der Waals surface area contributed by atoms with Gasteiger partial charge in [0.1, 0.15) is 0 Å². The molecular formula is C21H26N2O4. The highest BCUT2D eigenvalue weighted by atomic mass is 16.7. The average Bonchev–Trinajstić information content (AvgIpc) is 3.32. The van der Waals surface area contributed by atoms with Crippen molar-refractivity contribution in [2.45, 2.75) is 38.5 Å². The number of piperidine rings is 1. The maximum absolute atomic E-state index is 13.1. The molecule has 1 aromatic rings. The van der Waals surface area contributed by atoms with Crippen LogP contribution in [0.5, 0.6) is 11.5 Å². The lowest BCUT2D eigenvalue weighted by Gasteiger charge is -2.42. The molecule has 6 heteroatoms. The van der Waals surface area contributed by atoms with E-state index in [0.717, 1.165) is 31.1 Å². The van der Waals surface area contributed by atoms with E-state index < -0.39 is 0 Å². The molecule has 4 aliphatic rings. The molecule has 1 saturated carbocycles. The topological polar surface area (TPSA) is 59.1 Å². The number of carbonyl (C=O) groups is 2. The van der Waals surface area contributed by atoms with Gasteiger partial charge in [-0.3, -0.25) is 9.59 Å². The Labute approximate surface area is 159 Å². The van der Waals surface area contributed by atoms with Crippen LogP contribution in [0.3, 0.4) is 0 Å². The van der Waals surface area contributed by atoms with Gasteiger partial charge in [0.25, 0.3) is 0 Å². The minimum Gasteiger partial charge on any atom is -0.454 e. The van der Waals surface area contributed by atoms with Crippen LogP contribution in [-0.2, 0) is 9.59 Å². The largest absolute Gasteiger partial charge is 0.454 e. The molecule has 0 unspecified atom stereocenters. The summed E-state index contributed by atoms with van der Waals surface area (Å²) in [4.78, 5) is 29.4. The quantitative estimate of drug-likeness (QED) is 0.803. The number of amides is 2. The second-order valence-electron chi connectivity index (χ2n) is 8.32. The minimum absolute atomic E-state index is 0.0137. The summed E-state index contributed by atoms with van der Waals surface area (Å²) in [5.41, 5.74) is 0.783. The predicted octanol–water partition coefficient (Wildman–Crippen LogP) is 2.81. The van der Waals surface area contributed by atoms with Gasteiger partial charge in [-0.2, -0.15) is 0 Å². The summed E-state index contributed by atoms with van der Waals surface area (Å²) in [6, 6.07) is 5.53. The van der Waals surface area contributed by atoms with Gasteiger partial charge in [-0.1, -0.05) is 19.3 Å². The lowest BCUT2D eigenvalue weighted by atomic mass is 9.75. The molecule has 3 heterocycles. The third-order valence-corrected chi connectivity index (χ3v) is 6.74. The lowest BCUT2D eigenvalue weighted by molar-refractivity contribution is -0.138. The number of likely N-dealkylation sites (tertiary alicyclic amines) is 1. The fraction of sp³-hybridized carbons (Fsp3) is 0.619. The van der Waals surface area contributed by atoms with Gasteiger partial charge in [-0.25, -0.2) is 0 Å². The van der Waals surface area contributed by atoms with Crippen molar-refractivity contribution in [2.75, 3.05) is 31.3 Å². The summed E-state index contributed by atoms with van der Waals surface area (Å²) >= 11 is 0. The molecule has 3 aliphatic heterocycles. The summed E-state index contributed by atoms with van der Waals surface area (Å²) in [6.07, 6.45) is 6.65. The van der Waals surface area contributed by atoms with E-state index in [0.29, 0.717) is 30.4 Å². The Kier molecular flexibility index (Phi) is 4.21. The first kappa shape index (κ1) is 16.9. The summed E-state index contributed by atoms with van der Waals surface area (Å²) in [6.45, 7) is 2.42. The van der Waals surface area contributed by atoms with E-state index in [4.69, 9.17) is 9.47 Å². The SMILES string of the molecule is O=C([C@@H]1CC(=O)N(c2ccc3c(c2)OCO3)C1)N1CC[C@@H]2CCCC[C@@H]2C1. The molecule has 2 saturated heterocycles. The van der Waals surface area contributed by atoms with Crippen LogP contribution in [0.4, 0.5) is 5.69 Å². The number of rotatable bonds is 2. The highest BCUT2D eigenvalue weighted by molar-refractivity contribution is 6.00. The first-order valence-electron chi connectivity index (χ1n) is 10.2. The van der Waals surface area contributed by atoms with Crippen LogP contribution in [0.2, 0.25) is 0 Å². The summed E-state index contributed by atoms with van der Waals surface area (Å²) in [5, 5.41) is 0. The molecule has 0 radical (unpaired) electrons. The van der Waals surface area contributed by atoms with Crippen molar-refractivity contribution in [2.24, 2.45) is 17.8 Å². The first-order valence-corrected chi connectivity index (χ1v) is 10.2. The molecule has 6 nitrogen and oxygen atoms in total. The summed E-state index contributed by atoms with van der Waals surface area (Å²) in [5.74, 6) is 2.78. The summed E-state index contributed by atoms with van der Waals surface area (Å²) in [7, 11) is 0. The monoisotopic (exact) mass is 370 g/mol. The predicted molar refractivity (Wildman–Crippen MR) is 99.7 cm³/mol. The molecule has 1 aromatic carbocycles. The fourth-order valence-electron chi connectivity index (χ4n) is 5.23. The normalized spacial score (nSPS) is 29.8. The number of nitrogens with zero attached hydrogens (tertiary/aromatic N) is 2. The van der Waals surface area contributed by atoms with Gasteiger partial charge in [0.15, 0.2) is 11.5 Å². The number of hydrogen-bond acceptors (Lipinski definition) is 4. The third kappa shape index (κ3) is 3.05. The van der Waals surface area contributed by atoms with Crippen LogP contribution in [-0.4, -0.2) is 43.1 Å². The highest BCUT2D eigenvalue weighted by Gasteiger charge is 2.40. The van der Waals surface area contributed by atoms with Gasteiger partial charge in [0, 0.05) is 37.8 Å². The van der Waals surface area contributed by atoms with Gasteiger partial charge < -0.3 is 19.3 Å². The average molecular weight is 370 g/mol. The van der Waals surface area contributed by atoms with Crippen LogP contribution in [0.15, 0.2) is 18.2 Å². The zero-order chi connectivity index (χ0) is 18.4. The van der Waals surface area contributed by atoms with E-state index in [1.165, 1.54) is 25.7 Å². The highest BCUT2D eigenvalue weighted by Crippen LogP contribution is 2.39. The zero-order valence-corrected chi connectivity index (χ0v) is 15.6. The number of carbonyl (C=O) groups excluding carboxylic acids is 2. The van der Waals surface area contributed by atoms with Crippen molar-refractivity contribution in [1.29, 1.82) is 0 Å². The van der Waals surface area contributed by atoms with Gasteiger partial charge in [-0.15, -0.1) is 0 Å². The van der Waals surface area contributed by atoms with E-state index in [1.807, 2.05) is 23.1 Å². The van der Waals surface area contributed by atoms with Crippen molar-refractivity contribution in [1.82, 2.24) is 4.90 Å². The minimum atomic E-state index is -0.233. The van der Waals surface area contributed by atoms with Crippen molar-refractivity contribution in [3.8, 4) is 11.5 Å². The first-order chi connectivity index (χ1) is 13.2. The second-order valence-corrected chi connectivity index (χ2v) is 8.32. The van der Waals surface area contributed by atoms with Crippen molar-refractivity contribution < 1.29 is 19.1 Å². The Morgan fingerprint density at radius 3 is 2.70 bits per heavy atom. The molecule has 27 heavy (non-hydrogen) atoms. The van der Waals surface area contributed by atoms with Crippen LogP contribution < -0.4 is 14.4 Å².